The Morgan fingerprint density at radius 2 is 1.84 bits per heavy atom. The molecule has 0 aromatic carbocycles. The van der Waals surface area contributed by atoms with Crippen LogP contribution in [0, 0.1) is 5.92 Å². The molecule has 3 rings (SSSR count). The van der Waals surface area contributed by atoms with Crippen molar-refractivity contribution in [2.24, 2.45) is 5.92 Å². The number of piperazine rings is 1. The van der Waals surface area contributed by atoms with Crippen LogP contribution in [0.25, 0.3) is 0 Å². The fraction of sp³-hybridized carbons (Fsp3) is 0.538. The molecule has 5 nitrogen and oxygen atoms in total. The molecule has 0 spiro atoms. The molecular formula is C13H17N3O2S. The van der Waals surface area contributed by atoms with Crippen molar-refractivity contribution >= 4 is 23.2 Å². The van der Waals surface area contributed by atoms with E-state index < -0.39 is 0 Å². The number of thiophene rings is 1. The van der Waals surface area contributed by atoms with E-state index in [-0.39, 0.29) is 17.7 Å². The van der Waals surface area contributed by atoms with E-state index in [4.69, 9.17) is 0 Å². The van der Waals surface area contributed by atoms with Gasteiger partial charge in [-0.3, -0.25) is 9.59 Å². The van der Waals surface area contributed by atoms with Crippen molar-refractivity contribution in [1.82, 2.24) is 15.1 Å². The minimum Gasteiger partial charge on any atom is -0.339 e. The van der Waals surface area contributed by atoms with Crippen LogP contribution in [0.2, 0.25) is 0 Å². The van der Waals surface area contributed by atoms with Crippen molar-refractivity contribution in [3.8, 4) is 0 Å². The van der Waals surface area contributed by atoms with Crippen LogP contribution in [-0.2, 0) is 4.79 Å². The number of hydrogen-bond acceptors (Lipinski definition) is 4. The Labute approximate surface area is 116 Å². The molecule has 2 saturated heterocycles. The number of carbonyl (C=O) groups is 2. The highest BCUT2D eigenvalue weighted by atomic mass is 32.1. The van der Waals surface area contributed by atoms with Gasteiger partial charge in [0.25, 0.3) is 5.91 Å². The molecule has 0 radical (unpaired) electrons. The van der Waals surface area contributed by atoms with Crippen LogP contribution in [0.15, 0.2) is 16.8 Å². The maximum absolute atomic E-state index is 12.2. The summed E-state index contributed by atoms with van der Waals surface area (Å²) in [7, 11) is 0. The number of carbonyl (C=O) groups excluding carboxylic acids is 2. The fourth-order valence-corrected chi connectivity index (χ4v) is 3.05. The minimum absolute atomic E-state index is 0.0821. The van der Waals surface area contributed by atoms with Crippen LogP contribution in [-0.4, -0.2) is 60.9 Å². The molecule has 0 atom stereocenters. The zero-order valence-corrected chi connectivity index (χ0v) is 11.5. The lowest BCUT2D eigenvalue weighted by molar-refractivity contribution is -0.138. The Bertz CT molecular complexity index is 462. The van der Waals surface area contributed by atoms with Crippen molar-refractivity contribution in [2.75, 3.05) is 39.3 Å². The zero-order valence-electron chi connectivity index (χ0n) is 10.7. The average molecular weight is 279 g/mol. The Balaban J connectivity index is 1.54. The highest BCUT2D eigenvalue weighted by Crippen LogP contribution is 2.14. The van der Waals surface area contributed by atoms with E-state index in [2.05, 4.69) is 5.32 Å². The molecule has 102 valence electrons. The first kappa shape index (κ1) is 12.6. The van der Waals surface area contributed by atoms with Crippen molar-refractivity contribution in [1.29, 1.82) is 0 Å². The van der Waals surface area contributed by atoms with Crippen LogP contribution in [0.5, 0.6) is 0 Å². The van der Waals surface area contributed by atoms with Gasteiger partial charge in [-0.15, -0.1) is 0 Å². The normalized spacial score (nSPS) is 20.2. The summed E-state index contributed by atoms with van der Waals surface area (Å²) in [4.78, 5) is 28.0. The standard InChI is InChI=1S/C13H17N3O2S/c17-12(10-1-6-19-9-10)15-2-4-16(5-3-15)13(18)11-7-14-8-11/h1,6,9,11,14H,2-5,7-8H2. The number of hydrogen-bond donors (Lipinski definition) is 1. The van der Waals surface area contributed by atoms with Crippen LogP contribution in [0.4, 0.5) is 0 Å². The van der Waals surface area contributed by atoms with E-state index in [0.29, 0.717) is 26.2 Å². The first-order chi connectivity index (χ1) is 9.25. The highest BCUT2D eigenvalue weighted by molar-refractivity contribution is 7.08. The molecule has 6 heteroatoms. The summed E-state index contributed by atoms with van der Waals surface area (Å²) in [5.74, 6) is 0.471. The second-order valence-electron chi connectivity index (χ2n) is 4.98. The molecule has 0 bridgehead atoms. The lowest BCUT2D eigenvalue weighted by Crippen LogP contribution is -2.57. The van der Waals surface area contributed by atoms with Gasteiger partial charge in [-0.05, 0) is 11.4 Å². The fourth-order valence-electron chi connectivity index (χ4n) is 2.42. The predicted molar refractivity (Wildman–Crippen MR) is 73.2 cm³/mol. The highest BCUT2D eigenvalue weighted by Gasteiger charge is 2.32. The summed E-state index contributed by atoms with van der Waals surface area (Å²) in [6, 6.07) is 1.85. The summed E-state index contributed by atoms with van der Waals surface area (Å²) in [6.07, 6.45) is 0. The molecule has 2 fully saturated rings. The first-order valence-corrected chi connectivity index (χ1v) is 7.51. The van der Waals surface area contributed by atoms with Crippen molar-refractivity contribution < 1.29 is 9.59 Å². The van der Waals surface area contributed by atoms with E-state index in [1.165, 1.54) is 11.3 Å². The van der Waals surface area contributed by atoms with E-state index >= 15 is 0 Å². The summed E-state index contributed by atoms with van der Waals surface area (Å²) in [5.41, 5.74) is 0.757. The van der Waals surface area contributed by atoms with Gasteiger partial charge in [0.1, 0.15) is 0 Å². The second kappa shape index (κ2) is 5.30. The zero-order chi connectivity index (χ0) is 13.2. The van der Waals surface area contributed by atoms with Gasteiger partial charge in [-0.2, -0.15) is 11.3 Å². The molecule has 0 unspecified atom stereocenters. The molecular weight excluding hydrogens is 262 g/mol. The van der Waals surface area contributed by atoms with Gasteiger partial charge in [0.05, 0.1) is 11.5 Å². The lowest BCUT2D eigenvalue weighted by Gasteiger charge is -2.38. The molecule has 1 aromatic heterocycles. The van der Waals surface area contributed by atoms with Gasteiger partial charge in [-0.25, -0.2) is 0 Å². The topological polar surface area (TPSA) is 52.7 Å². The van der Waals surface area contributed by atoms with Gasteiger partial charge >= 0.3 is 0 Å². The van der Waals surface area contributed by atoms with Gasteiger partial charge in [0, 0.05) is 44.6 Å². The summed E-state index contributed by atoms with van der Waals surface area (Å²) >= 11 is 1.53. The van der Waals surface area contributed by atoms with E-state index in [9.17, 15) is 9.59 Å². The molecule has 2 amide bonds. The quantitative estimate of drug-likeness (QED) is 0.844. The van der Waals surface area contributed by atoms with Crippen LogP contribution in [0.3, 0.4) is 0 Å². The van der Waals surface area contributed by atoms with Crippen LogP contribution in [0.1, 0.15) is 10.4 Å². The van der Waals surface area contributed by atoms with Crippen molar-refractivity contribution in [3.63, 3.8) is 0 Å². The summed E-state index contributed by atoms with van der Waals surface area (Å²) in [5, 5.41) is 6.90. The van der Waals surface area contributed by atoms with E-state index in [1.54, 1.807) is 0 Å². The maximum atomic E-state index is 12.2. The minimum atomic E-state index is 0.0821. The number of rotatable bonds is 2. The molecule has 19 heavy (non-hydrogen) atoms. The largest absolute Gasteiger partial charge is 0.339 e. The SMILES string of the molecule is O=C(c1ccsc1)N1CCN(C(=O)C2CNC2)CC1. The van der Waals surface area contributed by atoms with Gasteiger partial charge in [0.2, 0.25) is 5.91 Å². The van der Waals surface area contributed by atoms with Gasteiger partial charge < -0.3 is 15.1 Å². The molecule has 2 aliphatic heterocycles. The molecule has 3 heterocycles. The number of amides is 2. The Morgan fingerprint density at radius 3 is 2.37 bits per heavy atom. The van der Waals surface area contributed by atoms with Crippen LogP contribution >= 0.6 is 11.3 Å². The first-order valence-electron chi connectivity index (χ1n) is 6.56. The third-order valence-electron chi connectivity index (χ3n) is 3.78. The molecule has 1 N–H and O–H groups in total. The molecule has 0 aliphatic carbocycles. The summed E-state index contributed by atoms with van der Waals surface area (Å²) in [6.45, 7) is 4.19. The van der Waals surface area contributed by atoms with Gasteiger partial charge in [-0.1, -0.05) is 0 Å². The van der Waals surface area contributed by atoms with Gasteiger partial charge in [0.15, 0.2) is 0 Å². The van der Waals surface area contributed by atoms with Crippen LogP contribution < -0.4 is 5.32 Å². The summed E-state index contributed by atoms with van der Waals surface area (Å²) < 4.78 is 0. The lowest BCUT2D eigenvalue weighted by atomic mass is 10.0. The predicted octanol–water partition coefficient (Wildman–Crippen LogP) is 0.252. The second-order valence-corrected chi connectivity index (χ2v) is 5.76. The Kier molecular flexibility index (Phi) is 3.52. The number of nitrogens with zero attached hydrogens (tertiary/aromatic N) is 2. The van der Waals surface area contributed by atoms with Crippen molar-refractivity contribution in [2.45, 2.75) is 0 Å². The van der Waals surface area contributed by atoms with E-state index in [1.807, 2.05) is 26.6 Å². The Morgan fingerprint density at radius 1 is 1.16 bits per heavy atom. The third kappa shape index (κ3) is 2.50. The smallest absolute Gasteiger partial charge is 0.254 e. The maximum Gasteiger partial charge on any atom is 0.254 e. The van der Waals surface area contributed by atoms with E-state index in [0.717, 1.165) is 18.7 Å². The molecule has 2 aliphatic rings. The number of nitrogens with one attached hydrogen (secondary N) is 1. The average Bonchev–Trinajstić information content (AvgIpc) is 2.90. The molecule has 1 aromatic rings. The Hall–Kier alpha value is -1.40. The molecule has 0 saturated carbocycles. The van der Waals surface area contributed by atoms with Crippen molar-refractivity contribution in [3.05, 3.63) is 22.4 Å². The third-order valence-corrected chi connectivity index (χ3v) is 4.46. The monoisotopic (exact) mass is 279 g/mol.